The van der Waals surface area contributed by atoms with Crippen LogP contribution in [0.15, 0.2) is 46.9 Å². The second kappa shape index (κ2) is 5.78. The van der Waals surface area contributed by atoms with E-state index in [1.807, 2.05) is 17.0 Å². The summed E-state index contributed by atoms with van der Waals surface area (Å²) in [6.45, 7) is 1.22. The second-order valence-corrected chi connectivity index (χ2v) is 5.64. The Morgan fingerprint density at radius 3 is 3.00 bits per heavy atom. The fourth-order valence-electron chi connectivity index (χ4n) is 2.90. The minimum atomic E-state index is -0.250. The summed E-state index contributed by atoms with van der Waals surface area (Å²) >= 11 is 0. The highest BCUT2D eigenvalue weighted by Gasteiger charge is 2.22. The smallest absolute Gasteiger partial charge is 0.247 e. The molecule has 1 aromatic heterocycles. The number of hydrogen-bond acceptors (Lipinski definition) is 5. The minimum Gasteiger partial charge on any atom is -0.419 e. The first-order chi connectivity index (χ1) is 11.7. The summed E-state index contributed by atoms with van der Waals surface area (Å²) in [5, 5.41) is 17.1. The summed E-state index contributed by atoms with van der Waals surface area (Å²) in [6, 6.07) is 13.9. The van der Waals surface area contributed by atoms with E-state index in [1.165, 1.54) is 12.1 Å². The van der Waals surface area contributed by atoms with Crippen LogP contribution >= 0.6 is 0 Å². The van der Waals surface area contributed by atoms with E-state index in [0.29, 0.717) is 29.5 Å². The molecule has 0 bridgehead atoms. The van der Waals surface area contributed by atoms with Crippen LogP contribution in [0.25, 0.3) is 11.5 Å². The molecule has 0 spiro atoms. The molecule has 0 saturated carbocycles. The number of hydrogen-bond donors (Lipinski definition) is 0. The highest BCUT2D eigenvalue weighted by molar-refractivity contribution is 5.58. The largest absolute Gasteiger partial charge is 0.419 e. The summed E-state index contributed by atoms with van der Waals surface area (Å²) in [4.78, 5) is 2.03. The van der Waals surface area contributed by atoms with E-state index in [9.17, 15) is 4.39 Å². The monoisotopic (exact) mass is 320 g/mol. The van der Waals surface area contributed by atoms with Crippen LogP contribution in [-0.2, 0) is 13.0 Å². The molecular weight excluding hydrogens is 307 g/mol. The molecule has 6 heteroatoms. The Morgan fingerprint density at radius 1 is 1.21 bits per heavy atom. The number of nitrogens with zero attached hydrogens (tertiary/aromatic N) is 4. The maximum atomic E-state index is 13.5. The van der Waals surface area contributed by atoms with Gasteiger partial charge in [0.05, 0.1) is 18.2 Å². The summed E-state index contributed by atoms with van der Waals surface area (Å²) in [6.07, 6.45) is 0.876. The van der Waals surface area contributed by atoms with Crippen LogP contribution in [0.5, 0.6) is 0 Å². The first kappa shape index (κ1) is 14.4. The zero-order valence-electron chi connectivity index (χ0n) is 12.7. The van der Waals surface area contributed by atoms with E-state index in [4.69, 9.17) is 9.68 Å². The van der Waals surface area contributed by atoms with Gasteiger partial charge in [0.1, 0.15) is 5.82 Å². The molecule has 0 amide bonds. The van der Waals surface area contributed by atoms with E-state index in [2.05, 4.69) is 16.3 Å². The summed E-state index contributed by atoms with van der Waals surface area (Å²) in [5.74, 6) is 0.588. The van der Waals surface area contributed by atoms with Crippen molar-refractivity contribution in [2.24, 2.45) is 0 Å². The lowest BCUT2D eigenvalue weighted by Crippen LogP contribution is -2.19. The maximum Gasteiger partial charge on any atom is 0.247 e. The molecule has 4 rings (SSSR count). The number of benzene rings is 2. The number of aromatic nitrogens is 2. The fraction of sp³-hybridized carbons (Fsp3) is 0.167. The lowest BCUT2D eigenvalue weighted by Gasteiger charge is -2.16. The lowest BCUT2D eigenvalue weighted by molar-refractivity contribution is 0.500. The molecule has 2 heterocycles. The predicted molar refractivity (Wildman–Crippen MR) is 85.6 cm³/mol. The molecular formula is C18H13FN4O. The molecule has 0 aliphatic carbocycles. The van der Waals surface area contributed by atoms with Crippen LogP contribution in [-0.4, -0.2) is 16.7 Å². The van der Waals surface area contributed by atoms with Crippen LogP contribution in [0.2, 0.25) is 0 Å². The van der Waals surface area contributed by atoms with Crippen LogP contribution in [0.4, 0.5) is 10.1 Å². The van der Waals surface area contributed by atoms with Gasteiger partial charge in [0, 0.05) is 17.8 Å². The average Bonchev–Trinajstić information content (AvgIpc) is 3.23. The maximum absolute atomic E-state index is 13.5. The van der Waals surface area contributed by atoms with Crippen LogP contribution < -0.4 is 4.90 Å². The van der Waals surface area contributed by atoms with Gasteiger partial charge in [-0.3, -0.25) is 0 Å². The fourth-order valence-corrected chi connectivity index (χ4v) is 2.90. The Hall–Kier alpha value is -3.20. The van der Waals surface area contributed by atoms with E-state index in [1.54, 1.807) is 18.2 Å². The molecule has 0 unspecified atom stereocenters. The third kappa shape index (κ3) is 2.61. The van der Waals surface area contributed by atoms with Gasteiger partial charge in [0.15, 0.2) is 0 Å². The van der Waals surface area contributed by atoms with Crippen molar-refractivity contribution < 1.29 is 8.81 Å². The van der Waals surface area contributed by atoms with Gasteiger partial charge < -0.3 is 9.32 Å². The van der Waals surface area contributed by atoms with Gasteiger partial charge in [-0.2, -0.15) is 5.26 Å². The zero-order chi connectivity index (χ0) is 16.5. The van der Waals surface area contributed by atoms with Crippen molar-refractivity contribution in [1.29, 1.82) is 5.26 Å². The number of rotatable bonds is 3. The van der Waals surface area contributed by atoms with Gasteiger partial charge in [-0.1, -0.05) is 12.1 Å². The first-order valence-electron chi connectivity index (χ1n) is 7.59. The van der Waals surface area contributed by atoms with Crippen LogP contribution in [0.1, 0.15) is 17.0 Å². The zero-order valence-corrected chi connectivity index (χ0v) is 12.7. The number of halogens is 1. The molecule has 24 heavy (non-hydrogen) atoms. The Balaban J connectivity index is 1.57. The third-order valence-electron chi connectivity index (χ3n) is 4.07. The van der Waals surface area contributed by atoms with E-state index < -0.39 is 0 Å². The van der Waals surface area contributed by atoms with Crippen LogP contribution in [0.3, 0.4) is 0 Å². The Bertz CT molecular complexity index is 944. The van der Waals surface area contributed by atoms with E-state index in [0.717, 1.165) is 24.2 Å². The Morgan fingerprint density at radius 2 is 2.12 bits per heavy atom. The van der Waals surface area contributed by atoms with E-state index >= 15 is 0 Å². The highest BCUT2D eigenvalue weighted by Crippen LogP contribution is 2.30. The van der Waals surface area contributed by atoms with Gasteiger partial charge >= 0.3 is 0 Å². The first-order valence-corrected chi connectivity index (χ1v) is 7.59. The number of fused-ring (bicyclic) bond motifs is 1. The normalized spacial score (nSPS) is 12.9. The van der Waals surface area contributed by atoms with Crippen molar-refractivity contribution >= 4 is 5.69 Å². The van der Waals surface area contributed by atoms with Crippen molar-refractivity contribution in [3.63, 3.8) is 0 Å². The van der Waals surface area contributed by atoms with Gasteiger partial charge in [-0.25, -0.2) is 4.39 Å². The molecule has 0 N–H and O–H groups in total. The molecule has 118 valence electrons. The topological polar surface area (TPSA) is 66.0 Å². The molecule has 5 nitrogen and oxygen atoms in total. The molecule has 0 fully saturated rings. The predicted octanol–water partition coefficient (Wildman–Crippen LogP) is 3.31. The van der Waals surface area contributed by atoms with Gasteiger partial charge in [-0.05, 0) is 42.3 Å². The molecule has 2 aromatic carbocycles. The number of anilines is 1. The average molecular weight is 320 g/mol. The van der Waals surface area contributed by atoms with Crippen molar-refractivity contribution in [3.8, 4) is 17.5 Å². The number of nitriles is 1. The molecule has 0 atom stereocenters. The van der Waals surface area contributed by atoms with E-state index in [-0.39, 0.29) is 5.82 Å². The third-order valence-corrected chi connectivity index (χ3v) is 4.07. The van der Waals surface area contributed by atoms with Crippen LogP contribution in [0, 0.1) is 17.1 Å². The minimum absolute atomic E-state index is 0.250. The summed E-state index contributed by atoms with van der Waals surface area (Å²) < 4.78 is 19.2. The molecule has 0 saturated heterocycles. The van der Waals surface area contributed by atoms with Crippen molar-refractivity contribution in [2.75, 3.05) is 11.4 Å². The quantitative estimate of drug-likeness (QED) is 0.740. The van der Waals surface area contributed by atoms with Gasteiger partial charge in [0.25, 0.3) is 0 Å². The molecule has 1 aliphatic heterocycles. The molecule has 1 aliphatic rings. The Labute approximate surface area is 138 Å². The lowest BCUT2D eigenvalue weighted by atomic mass is 10.1. The van der Waals surface area contributed by atoms with Crippen molar-refractivity contribution in [2.45, 2.75) is 13.0 Å². The van der Waals surface area contributed by atoms with Gasteiger partial charge in [-0.15, -0.1) is 10.2 Å². The molecule has 3 aromatic rings. The summed E-state index contributed by atoms with van der Waals surface area (Å²) in [7, 11) is 0. The standard InChI is InChI=1S/C18H13FN4O/c19-15-5-4-13-6-7-23(16(13)9-15)11-17-21-22-18(24-17)14-3-1-2-12(8-14)10-20/h1-5,8-9H,6-7,11H2. The van der Waals surface area contributed by atoms with Crippen molar-refractivity contribution in [3.05, 3.63) is 65.3 Å². The van der Waals surface area contributed by atoms with Gasteiger partial charge in [0.2, 0.25) is 11.8 Å². The summed E-state index contributed by atoms with van der Waals surface area (Å²) in [5.41, 5.74) is 3.25. The van der Waals surface area contributed by atoms with Crippen molar-refractivity contribution in [1.82, 2.24) is 10.2 Å². The molecule has 0 radical (unpaired) electrons. The SMILES string of the molecule is N#Cc1cccc(-c2nnc(CN3CCc4ccc(F)cc43)o2)c1. The Kier molecular flexibility index (Phi) is 3.47. The second-order valence-electron chi connectivity index (χ2n) is 5.64. The highest BCUT2D eigenvalue weighted by atomic mass is 19.1.